The number of alkyl halides is 1. The molecular formula is C10H10FN3. The minimum atomic E-state index is -0.754. The number of hydrogen-bond donors (Lipinski definition) is 1. The standard InChI is InChI=1S/C10H10FN3/c1-10(4-8(10)11)9-13-6-2-3-12-5-7(6)14-9/h2-3,5,8H,4H2,1H3,(H,13,14). The lowest BCUT2D eigenvalue weighted by Gasteiger charge is -2.01. The number of halogens is 1. The van der Waals surface area contributed by atoms with E-state index in [1.807, 2.05) is 13.0 Å². The molecule has 3 nitrogen and oxygen atoms in total. The van der Waals surface area contributed by atoms with Crippen LogP contribution < -0.4 is 0 Å². The first-order chi connectivity index (χ1) is 6.70. The Morgan fingerprint density at radius 2 is 2.43 bits per heavy atom. The van der Waals surface area contributed by atoms with Crippen molar-refractivity contribution in [2.24, 2.45) is 0 Å². The van der Waals surface area contributed by atoms with Crippen LogP contribution in [-0.4, -0.2) is 21.1 Å². The van der Waals surface area contributed by atoms with Crippen LogP contribution in [0.5, 0.6) is 0 Å². The van der Waals surface area contributed by atoms with Crippen molar-refractivity contribution in [3.05, 3.63) is 24.3 Å². The third-order valence-electron chi connectivity index (χ3n) is 2.96. The van der Waals surface area contributed by atoms with Crippen molar-refractivity contribution in [3.8, 4) is 0 Å². The summed E-state index contributed by atoms with van der Waals surface area (Å²) in [5.74, 6) is 0.744. The molecule has 1 aliphatic carbocycles. The molecular weight excluding hydrogens is 181 g/mol. The van der Waals surface area contributed by atoms with Crippen molar-refractivity contribution in [1.29, 1.82) is 0 Å². The topological polar surface area (TPSA) is 41.6 Å². The SMILES string of the molecule is CC1(c2nc3ccncc3[nH]2)CC1F. The number of pyridine rings is 1. The number of hydrogen-bond acceptors (Lipinski definition) is 2. The molecule has 72 valence electrons. The summed E-state index contributed by atoms with van der Waals surface area (Å²) >= 11 is 0. The first-order valence-electron chi connectivity index (χ1n) is 4.64. The zero-order valence-electron chi connectivity index (χ0n) is 7.79. The maximum atomic E-state index is 13.1. The second-order valence-corrected chi connectivity index (χ2v) is 4.07. The molecule has 2 aromatic heterocycles. The van der Waals surface area contributed by atoms with Crippen molar-refractivity contribution >= 4 is 11.0 Å². The fraction of sp³-hybridized carbons (Fsp3) is 0.400. The van der Waals surface area contributed by atoms with Gasteiger partial charge in [0.05, 0.1) is 22.6 Å². The lowest BCUT2D eigenvalue weighted by molar-refractivity contribution is 0.426. The van der Waals surface area contributed by atoms with E-state index >= 15 is 0 Å². The van der Waals surface area contributed by atoms with Crippen molar-refractivity contribution in [2.75, 3.05) is 0 Å². The maximum absolute atomic E-state index is 13.1. The number of nitrogens with one attached hydrogen (secondary N) is 1. The molecule has 2 unspecified atom stereocenters. The molecule has 3 rings (SSSR count). The molecule has 2 aromatic rings. The third-order valence-corrected chi connectivity index (χ3v) is 2.96. The zero-order valence-corrected chi connectivity index (χ0v) is 7.79. The lowest BCUT2D eigenvalue weighted by Crippen LogP contribution is -2.06. The van der Waals surface area contributed by atoms with Crippen LogP contribution >= 0.6 is 0 Å². The van der Waals surface area contributed by atoms with Gasteiger partial charge in [-0.05, 0) is 19.4 Å². The average Bonchev–Trinajstić information content (AvgIpc) is 2.66. The van der Waals surface area contributed by atoms with E-state index in [-0.39, 0.29) is 5.41 Å². The first-order valence-corrected chi connectivity index (χ1v) is 4.64. The highest BCUT2D eigenvalue weighted by Gasteiger charge is 2.54. The molecule has 1 saturated carbocycles. The number of imidazole rings is 1. The Morgan fingerprint density at radius 1 is 1.64 bits per heavy atom. The van der Waals surface area contributed by atoms with E-state index in [1.54, 1.807) is 12.4 Å². The Bertz CT molecular complexity index is 460. The summed E-state index contributed by atoms with van der Waals surface area (Å²) in [5.41, 5.74) is 1.34. The molecule has 1 fully saturated rings. The van der Waals surface area contributed by atoms with Gasteiger partial charge in [-0.25, -0.2) is 9.37 Å². The number of H-pyrrole nitrogens is 1. The van der Waals surface area contributed by atoms with Gasteiger partial charge in [-0.15, -0.1) is 0 Å². The quantitative estimate of drug-likeness (QED) is 0.748. The summed E-state index contributed by atoms with van der Waals surface area (Å²) in [6, 6.07) is 1.83. The molecule has 14 heavy (non-hydrogen) atoms. The molecule has 0 amide bonds. The van der Waals surface area contributed by atoms with Gasteiger partial charge in [0.2, 0.25) is 0 Å². The van der Waals surface area contributed by atoms with Gasteiger partial charge in [0.1, 0.15) is 12.0 Å². The Balaban J connectivity index is 2.16. The summed E-state index contributed by atoms with van der Waals surface area (Å²) < 4.78 is 13.1. The van der Waals surface area contributed by atoms with Gasteiger partial charge in [0.25, 0.3) is 0 Å². The molecule has 2 atom stereocenters. The van der Waals surface area contributed by atoms with E-state index in [0.29, 0.717) is 6.42 Å². The highest BCUT2D eigenvalue weighted by molar-refractivity contribution is 5.73. The van der Waals surface area contributed by atoms with Crippen molar-refractivity contribution < 1.29 is 4.39 Å². The van der Waals surface area contributed by atoms with E-state index in [0.717, 1.165) is 16.9 Å². The largest absolute Gasteiger partial charge is 0.340 e. The summed E-state index contributed by atoms with van der Waals surface area (Å²) in [5, 5.41) is 0. The molecule has 2 heterocycles. The molecule has 0 spiro atoms. The van der Waals surface area contributed by atoms with Crippen molar-refractivity contribution in [1.82, 2.24) is 15.0 Å². The first kappa shape index (κ1) is 7.91. The van der Waals surface area contributed by atoms with Crippen LogP contribution in [0.2, 0.25) is 0 Å². The number of aromatic amines is 1. The third kappa shape index (κ3) is 0.908. The van der Waals surface area contributed by atoms with Gasteiger partial charge >= 0.3 is 0 Å². The predicted molar refractivity (Wildman–Crippen MR) is 50.8 cm³/mol. The minimum absolute atomic E-state index is 0.390. The van der Waals surface area contributed by atoms with Crippen molar-refractivity contribution in [3.63, 3.8) is 0 Å². The van der Waals surface area contributed by atoms with Crippen LogP contribution in [-0.2, 0) is 5.41 Å². The fourth-order valence-corrected chi connectivity index (χ4v) is 1.69. The van der Waals surface area contributed by atoms with Gasteiger partial charge in [-0.3, -0.25) is 4.98 Å². The van der Waals surface area contributed by atoms with Gasteiger partial charge in [-0.1, -0.05) is 0 Å². The second-order valence-electron chi connectivity index (χ2n) is 4.07. The predicted octanol–water partition coefficient (Wildman–Crippen LogP) is 1.96. The van der Waals surface area contributed by atoms with Gasteiger partial charge in [0.15, 0.2) is 0 Å². The molecule has 0 aromatic carbocycles. The van der Waals surface area contributed by atoms with Crippen LogP contribution in [0.4, 0.5) is 4.39 Å². The Labute approximate surface area is 80.4 Å². The normalized spacial score (nSPS) is 30.9. The van der Waals surface area contributed by atoms with Gasteiger partial charge in [-0.2, -0.15) is 0 Å². The van der Waals surface area contributed by atoms with Crippen LogP contribution in [0.1, 0.15) is 19.2 Å². The molecule has 4 heteroatoms. The summed E-state index contributed by atoms with van der Waals surface area (Å²) in [6.45, 7) is 1.89. The second kappa shape index (κ2) is 2.32. The fourth-order valence-electron chi connectivity index (χ4n) is 1.69. The molecule has 0 radical (unpaired) electrons. The molecule has 1 aliphatic rings. The van der Waals surface area contributed by atoms with E-state index in [9.17, 15) is 4.39 Å². The van der Waals surface area contributed by atoms with E-state index in [4.69, 9.17) is 0 Å². The van der Waals surface area contributed by atoms with Gasteiger partial charge in [0, 0.05) is 6.20 Å². The summed E-state index contributed by atoms with van der Waals surface area (Å²) in [6.07, 6.45) is 3.22. The maximum Gasteiger partial charge on any atom is 0.116 e. The van der Waals surface area contributed by atoms with Crippen molar-refractivity contribution in [2.45, 2.75) is 24.9 Å². The van der Waals surface area contributed by atoms with E-state index < -0.39 is 6.17 Å². The van der Waals surface area contributed by atoms with Gasteiger partial charge < -0.3 is 4.98 Å². The highest BCUT2D eigenvalue weighted by Crippen LogP contribution is 2.49. The zero-order chi connectivity index (χ0) is 9.76. The van der Waals surface area contributed by atoms with Crippen LogP contribution in [0.25, 0.3) is 11.0 Å². The Morgan fingerprint density at radius 3 is 3.07 bits per heavy atom. The Hall–Kier alpha value is -1.45. The number of aromatic nitrogens is 3. The molecule has 0 aliphatic heterocycles. The van der Waals surface area contributed by atoms with E-state index in [2.05, 4.69) is 15.0 Å². The molecule has 0 saturated heterocycles. The number of rotatable bonds is 1. The number of nitrogens with zero attached hydrogens (tertiary/aromatic N) is 2. The van der Waals surface area contributed by atoms with Crippen LogP contribution in [0.3, 0.4) is 0 Å². The molecule has 0 bridgehead atoms. The lowest BCUT2D eigenvalue weighted by atomic mass is 10.1. The van der Waals surface area contributed by atoms with Crippen LogP contribution in [0, 0.1) is 0 Å². The molecule has 1 N–H and O–H groups in total. The smallest absolute Gasteiger partial charge is 0.116 e. The van der Waals surface area contributed by atoms with E-state index in [1.165, 1.54) is 0 Å². The highest BCUT2D eigenvalue weighted by atomic mass is 19.1. The average molecular weight is 191 g/mol. The Kier molecular flexibility index (Phi) is 1.31. The monoisotopic (exact) mass is 191 g/mol. The van der Waals surface area contributed by atoms with Crippen LogP contribution in [0.15, 0.2) is 18.5 Å². The number of fused-ring (bicyclic) bond motifs is 1. The summed E-state index contributed by atoms with van der Waals surface area (Å²) in [7, 11) is 0. The summed E-state index contributed by atoms with van der Waals surface area (Å²) in [4.78, 5) is 11.5. The minimum Gasteiger partial charge on any atom is -0.340 e.